The van der Waals surface area contributed by atoms with Crippen molar-refractivity contribution < 1.29 is 9.18 Å². The number of aryl methyl sites for hydroxylation is 1. The Balaban J connectivity index is 1.97. The van der Waals surface area contributed by atoms with E-state index in [0.29, 0.717) is 11.3 Å². The Morgan fingerprint density at radius 2 is 1.70 bits per heavy atom. The zero-order chi connectivity index (χ0) is 21.1. The van der Waals surface area contributed by atoms with Crippen LogP contribution in [0.15, 0.2) is 102 Å². The zero-order valence-corrected chi connectivity index (χ0v) is 16.6. The Bertz CT molecular complexity index is 1160. The van der Waals surface area contributed by atoms with Crippen LogP contribution < -0.4 is 5.32 Å². The van der Waals surface area contributed by atoms with Crippen molar-refractivity contribution in [3.63, 3.8) is 0 Å². The lowest BCUT2D eigenvalue weighted by molar-refractivity contribution is 0.103. The molecule has 3 nitrogen and oxygen atoms in total. The number of fused-ring (bicyclic) bond motifs is 1. The molecule has 3 aromatic rings. The van der Waals surface area contributed by atoms with Crippen LogP contribution >= 0.6 is 0 Å². The second-order valence-corrected chi connectivity index (χ2v) is 7.15. The molecule has 0 spiro atoms. The third-order valence-corrected chi connectivity index (χ3v) is 5.04. The molecule has 0 radical (unpaired) electrons. The van der Waals surface area contributed by atoms with Crippen LogP contribution in [-0.4, -0.2) is 11.5 Å². The lowest BCUT2D eigenvalue weighted by Crippen LogP contribution is -2.26. The molecular formula is C26H21FN2O. The summed E-state index contributed by atoms with van der Waals surface area (Å²) in [5, 5.41) is 3.49. The first kappa shape index (κ1) is 19.5. The molecule has 1 unspecified atom stereocenters. The monoisotopic (exact) mass is 396 g/mol. The SMILES string of the molecule is C=C/C=C1/N=C(c2ccc(F)cc2)C(c2ccc(C)cc2)Nc2ccccc2C1=O. The minimum Gasteiger partial charge on any atom is -0.372 e. The van der Waals surface area contributed by atoms with E-state index < -0.39 is 0 Å². The van der Waals surface area contributed by atoms with E-state index in [0.717, 1.165) is 22.4 Å². The number of rotatable bonds is 3. The number of aliphatic imine (C=N–C) groups is 1. The molecule has 30 heavy (non-hydrogen) atoms. The number of anilines is 1. The third kappa shape index (κ3) is 3.85. The van der Waals surface area contributed by atoms with Gasteiger partial charge in [-0.2, -0.15) is 0 Å². The molecule has 0 amide bonds. The number of hydrogen-bond acceptors (Lipinski definition) is 3. The highest BCUT2D eigenvalue weighted by Gasteiger charge is 2.27. The Labute approximate surface area is 175 Å². The standard InChI is InChI=1S/C26H21FN2O/c1-3-6-23-26(30)21-7-4-5-8-22(21)28-24(18-11-9-17(2)10-12-18)25(29-23)19-13-15-20(27)16-14-19/h3-16,24,28H,1H2,2H3/b23-6+,29-25?. The minimum atomic E-state index is -0.335. The molecule has 0 saturated heterocycles. The second kappa shape index (κ2) is 8.29. The molecule has 0 fully saturated rings. The summed E-state index contributed by atoms with van der Waals surface area (Å²) < 4.78 is 13.6. The van der Waals surface area contributed by atoms with Crippen LogP contribution in [0.4, 0.5) is 10.1 Å². The molecular weight excluding hydrogens is 375 g/mol. The van der Waals surface area contributed by atoms with Gasteiger partial charge in [-0.1, -0.05) is 66.7 Å². The van der Waals surface area contributed by atoms with E-state index in [4.69, 9.17) is 4.99 Å². The Morgan fingerprint density at radius 1 is 1.00 bits per heavy atom. The van der Waals surface area contributed by atoms with Gasteiger partial charge in [0.2, 0.25) is 5.78 Å². The topological polar surface area (TPSA) is 41.5 Å². The van der Waals surface area contributed by atoms with Crippen molar-refractivity contribution in [3.05, 3.63) is 125 Å². The molecule has 0 bridgehead atoms. The molecule has 1 heterocycles. The Kier molecular flexibility index (Phi) is 5.40. The maximum Gasteiger partial charge on any atom is 0.213 e. The number of allylic oxidation sites excluding steroid dienone is 3. The number of ketones is 1. The zero-order valence-electron chi connectivity index (χ0n) is 16.6. The van der Waals surface area contributed by atoms with Crippen molar-refractivity contribution in [1.29, 1.82) is 0 Å². The van der Waals surface area contributed by atoms with Crippen LogP contribution in [0.5, 0.6) is 0 Å². The van der Waals surface area contributed by atoms with Crippen LogP contribution in [0.25, 0.3) is 0 Å². The molecule has 0 aliphatic carbocycles. The summed E-state index contributed by atoms with van der Waals surface area (Å²) in [5.74, 6) is -0.520. The summed E-state index contributed by atoms with van der Waals surface area (Å²) in [6.07, 6.45) is 3.16. The van der Waals surface area contributed by atoms with E-state index in [9.17, 15) is 9.18 Å². The fourth-order valence-corrected chi connectivity index (χ4v) is 3.49. The first-order chi connectivity index (χ1) is 14.6. The number of nitrogens with zero attached hydrogens (tertiary/aromatic N) is 1. The normalized spacial score (nSPS) is 17.4. The van der Waals surface area contributed by atoms with Crippen LogP contribution in [0.2, 0.25) is 0 Å². The number of benzene rings is 3. The molecule has 4 heteroatoms. The lowest BCUT2D eigenvalue weighted by Gasteiger charge is -2.26. The van der Waals surface area contributed by atoms with Gasteiger partial charge in [-0.05, 0) is 48.4 Å². The molecule has 3 aromatic carbocycles. The quantitative estimate of drug-likeness (QED) is 0.548. The van der Waals surface area contributed by atoms with Crippen molar-refractivity contribution in [3.8, 4) is 0 Å². The molecule has 148 valence electrons. The highest BCUT2D eigenvalue weighted by molar-refractivity contribution is 6.17. The summed E-state index contributed by atoms with van der Waals surface area (Å²) in [6.45, 7) is 5.76. The first-order valence-corrected chi connectivity index (χ1v) is 9.71. The largest absolute Gasteiger partial charge is 0.372 e. The average Bonchev–Trinajstić information content (AvgIpc) is 2.76. The maximum atomic E-state index is 13.6. The van der Waals surface area contributed by atoms with Gasteiger partial charge in [0.25, 0.3) is 0 Å². The lowest BCUT2D eigenvalue weighted by atomic mass is 9.93. The van der Waals surface area contributed by atoms with Crippen LogP contribution in [0.3, 0.4) is 0 Å². The maximum absolute atomic E-state index is 13.6. The van der Waals surface area contributed by atoms with E-state index in [1.165, 1.54) is 12.1 Å². The number of Topliss-reactive ketones (excluding diaryl/α,β-unsaturated/α-hetero) is 1. The van der Waals surface area contributed by atoms with Gasteiger partial charge in [-0.15, -0.1) is 0 Å². The van der Waals surface area contributed by atoms with E-state index in [1.807, 2.05) is 49.4 Å². The summed E-state index contributed by atoms with van der Waals surface area (Å²) in [6, 6.07) is 21.4. The smallest absolute Gasteiger partial charge is 0.213 e. The molecule has 1 aliphatic rings. The van der Waals surface area contributed by atoms with Crippen molar-refractivity contribution in [2.75, 3.05) is 5.32 Å². The van der Waals surface area contributed by atoms with Gasteiger partial charge in [0, 0.05) is 11.3 Å². The molecule has 0 aromatic heterocycles. The summed E-state index contributed by atoms with van der Waals surface area (Å²) in [7, 11) is 0. The number of carbonyl (C=O) groups excluding carboxylic acids is 1. The van der Waals surface area contributed by atoms with Gasteiger partial charge < -0.3 is 5.32 Å². The van der Waals surface area contributed by atoms with Gasteiger partial charge in [0.1, 0.15) is 11.5 Å². The predicted molar refractivity (Wildman–Crippen MR) is 120 cm³/mol. The van der Waals surface area contributed by atoms with Crippen LogP contribution in [-0.2, 0) is 0 Å². The van der Waals surface area contributed by atoms with Crippen molar-refractivity contribution >= 4 is 17.2 Å². The predicted octanol–water partition coefficient (Wildman–Crippen LogP) is 6.04. The van der Waals surface area contributed by atoms with Gasteiger partial charge in [0.05, 0.1) is 11.8 Å². The number of nitrogens with one attached hydrogen (secondary N) is 1. The summed E-state index contributed by atoms with van der Waals surface area (Å²) >= 11 is 0. The fraction of sp³-hybridized carbons (Fsp3) is 0.0769. The fourth-order valence-electron chi connectivity index (χ4n) is 3.49. The van der Waals surface area contributed by atoms with Gasteiger partial charge in [0.15, 0.2) is 0 Å². The number of para-hydroxylation sites is 1. The van der Waals surface area contributed by atoms with Gasteiger partial charge in [-0.3, -0.25) is 4.79 Å². The number of hydrogen-bond donors (Lipinski definition) is 1. The second-order valence-electron chi connectivity index (χ2n) is 7.15. The minimum absolute atomic E-state index is 0.194. The summed E-state index contributed by atoms with van der Waals surface area (Å²) in [5.41, 5.74) is 5.06. The van der Waals surface area contributed by atoms with E-state index in [-0.39, 0.29) is 23.3 Å². The van der Waals surface area contributed by atoms with E-state index in [2.05, 4.69) is 11.9 Å². The van der Waals surface area contributed by atoms with Crippen molar-refractivity contribution in [2.24, 2.45) is 4.99 Å². The third-order valence-electron chi connectivity index (χ3n) is 5.04. The highest BCUT2D eigenvalue weighted by Crippen LogP contribution is 2.31. The first-order valence-electron chi connectivity index (χ1n) is 9.71. The molecule has 4 rings (SSSR count). The molecule has 1 aliphatic heterocycles. The van der Waals surface area contributed by atoms with E-state index >= 15 is 0 Å². The molecule has 1 N–H and O–H groups in total. The highest BCUT2D eigenvalue weighted by atomic mass is 19.1. The number of halogens is 1. The van der Waals surface area contributed by atoms with Crippen molar-refractivity contribution in [1.82, 2.24) is 0 Å². The van der Waals surface area contributed by atoms with Crippen LogP contribution in [0, 0.1) is 12.7 Å². The average molecular weight is 396 g/mol. The summed E-state index contributed by atoms with van der Waals surface area (Å²) in [4.78, 5) is 17.9. The number of carbonyl (C=O) groups is 1. The van der Waals surface area contributed by atoms with Gasteiger partial charge in [-0.25, -0.2) is 9.38 Å². The van der Waals surface area contributed by atoms with Gasteiger partial charge >= 0.3 is 0 Å². The van der Waals surface area contributed by atoms with Crippen LogP contribution in [0.1, 0.15) is 33.1 Å². The van der Waals surface area contributed by atoms with Crippen molar-refractivity contribution in [2.45, 2.75) is 13.0 Å². The molecule has 1 atom stereocenters. The Hall–Kier alpha value is -3.79. The Morgan fingerprint density at radius 3 is 2.40 bits per heavy atom. The van der Waals surface area contributed by atoms with E-state index in [1.54, 1.807) is 30.4 Å². The molecule has 0 saturated carbocycles.